The molecule has 0 aromatic carbocycles. The largest absolute Gasteiger partial charge is 0.467 e. The van der Waals surface area contributed by atoms with Crippen molar-refractivity contribution in [3.8, 4) is 0 Å². The molecular formula is C14H20BrN3O3. The number of hydrogen-bond donors (Lipinski definition) is 1. The summed E-state index contributed by atoms with van der Waals surface area (Å²) in [4.78, 5) is 16.1. The molecular weight excluding hydrogens is 338 g/mol. The van der Waals surface area contributed by atoms with E-state index in [1.807, 2.05) is 17.8 Å². The van der Waals surface area contributed by atoms with E-state index in [1.54, 1.807) is 0 Å². The van der Waals surface area contributed by atoms with Gasteiger partial charge in [-0.3, -0.25) is 0 Å². The molecule has 0 spiro atoms. The van der Waals surface area contributed by atoms with Crippen LogP contribution in [-0.4, -0.2) is 42.3 Å². The van der Waals surface area contributed by atoms with E-state index in [2.05, 4.69) is 26.2 Å². The van der Waals surface area contributed by atoms with Gasteiger partial charge in [0.2, 0.25) is 0 Å². The number of imidazole rings is 1. The zero-order valence-corrected chi connectivity index (χ0v) is 13.9. The van der Waals surface area contributed by atoms with Gasteiger partial charge in [0.1, 0.15) is 22.6 Å². The second-order valence-corrected chi connectivity index (χ2v) is 6.63. The molecule has 3 atom stereocenters. The Hall–Kier alpha value is -0.920. The zero-order valence-electron chi connectivity index (χ0n) is 12.3. The van der Waals surface area contributed by atoms with Crippen LogP contribution in [0, 0.1) is 11.8 Å². The SMILES string of the molecule is COC(=O)COC1(c2nc(Br)cn2C)CCC2CNCC21. The third-order valence-corrected chi connectivity index (χ3v) is 5.11. The number of rotatable bonds is 4. The normalized spacial score (nSPS) is 31.4. The number of carbonyl (C=O) groups is 1. The van der Waals surface area contributed by atoms with Gasteiger partial charge in [0.05, 0.1) is 7.11 Å². The van der Waals surface area contributed by atoms with Crippen LogP contribution in [0.25, 0.3) is 0 Å². The number of halogens is 1. The Balaban J connectivity index is 1.95. The summed E-state index contributed by atoms with van der Waals surface area (Å²) in [6, 6.07) is 0. The lowest BCUT2D eigenvalue weighted by atomic mass is 9.87. The predicted molar refractivity (Wildman–Crippen MR) is 79.6 cm³/mol. The van der Waals surface area contributed by atoms with Crippen LogP contribution in [0.2, 0.25) is 0 Å². The summed E-state index contributed by atoms with van der Waals surface area (Å²) in [5, 5.41) is 3.43. The number of carbonyl (C=O) groups excluding carboxylic acids is 1. The van der Waals surface area contributed by atoms with E-state index in [-0.39, 0.29) is 12.6 Å². The van der Waals surface area contributed by atoms with E-state index in [0.717, 1.165) is 36.4 Å². The summed E-state index contributed by atoms with van der Waals surface area (Å²) < 4.78 is 13.6. The molecule has 0 radical (unpaired) electrons. The van der Waals surface area contributed by atoms with E-state index in [4.69, 9.17) is 9.47 Å². The van der Waals surface area contributed by atoms with Crippen LogP contribution in [0.4, 0.5) is 0 Å². The lowest BCUT2D eigenvalue weighted by Crippen LogP contribution is -2.40. The number of aryl methyl sites for hydroxylation is 1. The van der Waals surface area contributed by atoms with Gasteiger partial charge in [-0.2, -0.15) is 0 Å². The van der Waals surface area contributed by atoms with Crippen LogP contribution in [-0.2, 0) is 26.9 Å². The van der Waals surface area contributed by atoms with E-state index in [9.17, 15) is 4.79 Å². The minimum atomic E-state index is -0.511. The molecule has 0 amide bonds. The van der Waals surface area contributed by atoms with Gasteiger partial charge in [0.25, 0.3) is 0 Å². The maximum Gasteiger partial charge on any atom is 0.331 e. The van der Waals surface area contributed by atoms with Gasteiger partial charge in [-0.1, -0.05) is 0 Å². The standard InChI is InChI=1S/C14H20BrN3O3/c1-18-7-11(15)17-13(18)14(21-8-12(19)20-2)4-3-9-5-16-6-10(9)14/h7,9-10,16H,3-6,8H2,1-2H3. The number of nitrogens with zero attached hydrogens (tertiary/aromatic N) is 2. The van der Waals surface area contributed by atoms with Crippen LogP contribution in [0.15, 0.2) is 10.8 Å². The summed E-state index contributed by atoms with van der Waals surface area (Å²) in [6.45, 7) is 1.88. The number of ether oxygens (including phenoxy) is 2. The summed E-state index contributed by atoms with van der Waals surface area (Å²) in [7, 11) is 3.34. The molecule has 1 aromatic heterocycles. The highest BCUT2D eigenvalue weighted by atomic mass is 79.9. The van der Waals surface area contributed by atoms with E-state index < -0.39 is 5.60 Å². The fraction of sp³-hybridized carbons (Fsp3) is 0.714. The molecule has 0 bridgehead atoms. The highest BCUT2D eigenvalue weighted by Gasteiger charge is 2.54. The lowest BCUT2D eigenvalue weighted by Gasteiger charge is -2.34. The quantitative estimate of drug-likeness (QED) is 0.820. The molecule has 1 aliphatic carbocycles. The van der Waals surface area contributed by atoms with Gasteiger partial charge < -0.3 is 19.4 Å². The van der Waals surface area contributed by atoms with Crippen LogP contribution in [0.1, 0.15) is 18.7 Å². The Labute approximate surface area is 132 Å². The molecule has 2 aliphatic rings. The average molecular weight is 358 g/mol. The number of methoxy groups -OCH3 is 1. The van der Waals surface area contributed by atoms with Gasteiger partial charge in [-0.05, 0) is 41.2 Å². The second kappa shape index (κ2) is 5.70. The first-order chi connectivity index (χ1) is 10.1. The van der Waals surface area contributed by atoms with Crippen molar-refractivity contribution >= 4 is 21.9 Å². The van der Waals surface area contributed by atoms with Crippen LogP contribution < -0.4 is 5.32 Å². The molecule has 1 N–H and O–H groups in total. The van der Waals surface area contributed by atoms with Crippen molar-refractivity contribution in [3.05, 3.63) is 16.6 Å². The molecule has 7 heteroatoms. The summed E-state index contributed by atoms with van der Waals surface area (Å²) >= 11 is 3.43. The molecule has 2 heterocycles. The van der Waals surface area contributed by atoms with Gasteiger partial charge >= 0.3 is 5.97 Å². The first kappa shape index (κ1) is 15.0. The fourth-order valence-corrected chi connectivity index (χ4v) is 4.23. The zero-order chi connectivity index (χ0) is 15.0. The van der Waals surface area contributed by atoms with Crippen LogP contribution >= 0.6 is 15.9 Å². The Morgan fingerprint density at radius 3 is 3.10 bits per heavy atom. The number of esters is 1. The second-order valence-electron chi connectivity index (χ2n) is 5.82. The average Bonchev–Trinajstić information content (AvgIpc) is 3.13. The molecule has 6 nitrogen and oxygen atoms in total. The molecule has 1 aliphatic heterocycles. The summed E-state index contributed by atoms with van der Waals surface area (Å²) in [6.07, 6.45) is 3.90. The fourth-order valence-electron chi connectivity index (χ4n) is 3.76. The highest BCUT2D eigenvalue weighted by Crippen LogP contribution is 2.50. The van der Waals surface area contributed by atoms with Crippen molar-refractivity contribution in [1.82, 2.24) is 14.9 Å². The smallest absolute Gasteiger partial charge is 0.331 e. The van der Waals surface area contributed by atoms with Crippen molar-refractivity contribution in [2.24, 2.45) is 18.9 Å². The third-order valence-electron chi connectivity index (χ3n) is 4.73. The van der Waals surface area contributed by atoms with Crippen molar-refractivity contribution in [3.63, 3.8) is 0 Å². The van der Waals surface area contributed by atoms with Gasteiger partial charge in [-0.25, -0.2) is 9.78 Å². The number of hydrogen-bond acceptors (Lipinski definition) is 5. The van der Waals surface area contributed by atoms with E-state index >= 15 is 0 Å². The molecule has 3 unspecified atom stereocenters. The number of aromatic nitrogens is 2. The van der Waals surface area contributed by atoms with Crippen molar-refractivity contribution in [2.75, 3.05) is 26.8 Å². The van der Waals surface area contributed by atoms with Gasteiger partial charge in [-0.15, -0.1) is 0 Å². The molecule has 21 heavy (non-hydrogen) atoms. The van der Waals surface area contributed by atoms with Gasteiger partial charge in [0, 0.05) is 25.7 Å². The summed E-state index contributed by atoms with van der Waals surface area (Å²) in [5.74, 6) is 1.46. The Morgan fingerprint density at radius 2 is 2.43 bits per heavy atom. The van der Waals surface area contributed by atoms with Crippen molar-refractivity contribution in [1.29, 1.82) is 0 Å². The third kappa shape index (κ3) is 2.51. The number of fused-ring (bicyclic) bond motifs is 1. The minimum Gasteiger partial charge on any atom is -0.467 e. The first-order valence-electron chi connectivity index (χ1n) is 7.17. The van der Waals surface area contributed by atoms with Crippen molar-refractivity contribution < 1.29 is 14.3 Å². The Kier molecular flexibility index (Phi) is 4.07. The van der Waals surface area contributed by atoms with Crippen LogP contribution in [0.5, 0.6) is 0 Å². The van der Waals surface area contributed by atoms with E-state index in [0.29, 0.717) is 11.8 Å². The molecule has 1 saturated carbocycles. The Morgan fingerprint density at radius 1 is 1.62 bits per heavy atom. The van der Waals surface area contributed by atoms with Gasteiger partial charge in [0.15, 0.2) is 0 Å². The summed E-state index contributed by atoms with van der Waals surface area (Å²) in [5.41, 5.74) is -0.511. The molecule has 1 aromatic rings. The Bertz CT molecular complexity index is 548. The number of nitrogens with one attached hydrogen (secondary N) is 1. The molecule has 2 fully saturated rings. The van der Waals surface area contributed by atoms with Crippen LogP contribution in [0.3, 0.4) is 0 Å². The predicted octanol–water partition coefficient (Wildman–Crippen LogP) is 1.20. The molecule has 116 valence electrons. The lowest BCUT2D eigenvalue weighted by molar-refractivity contribution is -0.158. The minimum absolute atomic E-state index is 0.0375. The maximum atomic E-state index is 11.5. The topological polar surface area (TPSA) is 65.4 Å². The highest BCUT2D eigenvalue weighted by molar-refractivity contribution is 9.10. The maximum absolute atomic E-state index is 11.5. The van der Waals surface area contributed by atoms with Crippen molar-refractivity contribution in [2.45, 2.75) is 18.4 Å². The molecule has 1 saturated heterocycles. The molecule has 3 rings (SSSR count). The monoisotopic (exact) mass is 357 g/mol. The first-order valence-corrected chi connectivity index (χ1v) is 7.97. The van der Waals surface area contributed by atoms with E-state index in [1.165, 1.54) is 7.11 Å².